The van der Waals surface area contributed by atoms with Gasteiger partial charge in [-0.3, -0.25) is 4.68 Å². The molecule has 6 heteroatoms. The number of aliphatic hydroxyl groups excluding tert-OH is 1. The summed E-state index contributed by atoms with van der Waals surface area (Å²) in [5.41, 5.74) is 3.53. The van der Waals surface area contributed by atoms with Gasteiger partial charge in [0.2, 0.25) is 0 Å². The van der Waals surface area contributed by atoms with E-state index in [1.807, 2.05) is 10.9 Å². The molecule has 0 radical (unpaired) electrons. The summed E-state index contributed by atoms with van der Waals surface area (Å²) in [6.07, 6.45) is 15.4. The van der Waals surface area contributed by atoms with Gasteiger partial charge in [0.25, 0.3) is 0 Å². The fraction of sp³-hybridized carbons (Fsp3) is 0.706. The van der Waals surface area contributed by atoms with Crippen molar-refractivity contribution >= 4 is 0 Å². The summed E-state index contributed by atoms with van der Waals surface area (Å²) in [5, 5.41) is 34.4. The van der Waals surface area contributed by atoms with Crippen LogP contribution in [0.2, 0.25) is 0 Å². The molecule has 2 aromatic rings. The van der Waals surface area contributed by atoms with Crippen molar-refractivity contribution in [3.63, 3.8) is 0 Å². The van der Waals surface area contributed by atoms with Gasteiger partial charge in [-0.2, -0.15) is 0 Å². The third kappa shape index (κ3) is 5.20. The second kappa shape index (κ2) is 11.0. The molecule has 1 heterocycles. The van der Waals surface area contributed by atoms with Crippen molar-refractivity contribution < 1.29 is 10.2 Å². The molecule has 0 spiro atoms. The molecule has 4 aliphatic carbocycles. The number of allylic oxidation sites excluding steroid dienone is 1. The molecule has 0 bridgehead atoms. The Morgan fingerprint density at radius 2 is 1.90 bits per heavy atom. The zero-order valence-electron chi connectivity index (χ0n) is 24.9. The number of rotatable bonds is 9. The third-order valence-corrected chi connectivity index (χ3v) is 11.9. The van der Waals surface area contributed by atoms with E-state index in [1.54, 1.807) is 0 Å². The summed E-state index contributed by atoms with van der Waals surface area (Å²) >= 11 is 0. The van der Waals surface area contributed by atoms with Crippen molar-refractivity contribution in [2.45, 2.75) is 110 Å². The SMILES string of the molecule is C[C@]12CC[C@H]3[C@@H](CC=C4C[C@@H](O)CC[C@@]43C)[C@@H]1CC[C@@H]2[C@@](C)(O)CNCc1cn(CCCc2ccccc2)nn1. The molecule has 6 rings (SSSR count). The molecule has 1 aromatic heterocycles. The largest absolute Gasteiger partial charge is 0.393 e. The Morgan fingerprint density at radius 1 is 1.07 bits per heavy atom. The molecular formula is C34H50N4O2. The lowest BCUT2D eigenvalue weighted by atomic mass is 9.47. The molecule has 0 amide bonds. The molecule has 8 atom stereocenters. The van der Waals surface area contributed by atoms with E-state index in [0.29, 0.717) is 30.8 Å². The number of fused-ring (bicyclic) bond motifs is 5. The van der Waals surface area contributed by atoms with Crippen LogP contribution < -0.4 is 5.32 Å². The Morgan fingerprint density at radius 3 is 2.73 bits per heavy atom. The van der Waals surface area contributed by atoms with Crippen LogP contribution in [0.5, 0.6) is 0 Å². The van der Waals surface area contributed by atoms with Gasteiger partial charge in [0.1, 0.15) is 0 Å². The Balaban J connectivity index is 1.03. The Hall–Kier alpha value is -2.02. The number of benzene rings is 1. The normalized spacial score (nSPS) is 36.7. The number of nitrogens with zero attached hydrogens (tertiary/aromatic N) is 3. The highest BCUT2D eigenvalue weighted by Gasteiger charge is 2.61. The van der Waals surface area contributed by atoms with Crippen LogP contribution in [0, 0.1) is 34.5 Å². The maximum atomic E-state index is 11.8. The first-order chi connectivity index (χ1) is 19.2. The minimum absolute atomic E-state index is 0.146. The van der Waals surface area contributed by atoms with Crippen molar-refractivity contribution in [3.8, 4) is 0 Å². The molecule has 3 saturated carbocycles. The Kier molecular flexibility index (Phi) is 7.73. The van der Waals surface area contributed by atoms with Crippen molar-refractivity contribution in [1.29, 1.82) is 0 Å². The average Bonchev–Trinajstić information content (AvgIpc) is 3.53. The van der Waals surface area contributed by atoms with Gasteiger partial charge in [0, 0.05) is 25.8 Å². The number of hydrogen-bond acceptors (Lipinski definition) is 5. The molecule has 0 aliphatic heterocycles. The predicted octanol–water partition coefficient (Wildman–Crippen LogP) is 5.69. The molecule has 40 heavy (non-hydrogen) atoms. The zero-order chi connectivity index (χ0) is 28.0. The number of aryl methyl sites for hydroxylation is 2. The number of nitrogens with one attached hydrogen (secondary N) is 1. The molecular weight excluding hydrogens is 496 g/mol. The van der Waals surface area contributed by atoms with Crippen LogP contribution in [0.3, 0.4) is 0 Å². The lowest BCUT2D eigenvalue weighted by Crippen LogP contribution is -2.54. The highest BCUT2D eigenvalue weighted by Crippen LogP contribution is 2.67. The number of aromatic nitrogens is 3. The van der Waals surface area contributed by atoms with E-state index in [9.17, 15) is 10.2 Å². The average molecular weight is 547 g/mol. The van der Waals surface area contributed by atoms with Crippen molar-refractivity contribution in [1.82, 2.24) is 20.3 Å². The molecule has 0 unspecified atom stereocenters. The molecule has 3 N–H and O–H groups in total. The lowest BCUT2D eigenvalue weighted by molar-refractivity contribution is -0.101. The van der Waals surface area contributed by atoms with Crippen LogP contribution in [0.25, 0.3) is 0 Å². The highest BCUT2D eigenvalue weighted by molar-refractivity contribution is 5.25. The monoisotopic (exact) mass is 546 g/mol. The Labute approximate surface area is 240 Å². The van der Waals surface area contributed by atoms with Crippen LogP contribution in [-0.4, -0.2) is 43.5 Å². The molecule has 0 saturated heterocycles. The quantitative estimate of drug-likeness (QED) is 0.352. The van der Waals surface area contributed by atoms with E-state index in [2.05, 4.69) is 72.8 Å². The third-order valence-electron chi connectivity index (χ3n) is 11.9. The zero-order valence-corrected chi connectivity index (χ0v) is 24.9. The van der Waals surface area contributed by atoms with E-state index in [-0.39, 0.29) is 16.9 Å². The maximum Gasteiger partial charge on any atom is 0.0964 e. The first-order valence-electron chi connectivity index (χ1n) is 15.9. The predicted molar refractivity (Wildman–Crippen MR) is 158 cm³/mol. The fourth-order valence-corrected chi connectivity index (χ4v) is 9.85. The number of aliphatic hydroxyl groups is 2. The molecule has 1 aromatic carbocycles. The summed E-state index contributed by atoms with van der Waals surface area (Å²) in [6.45, 7) is 9.12. The molecule has 6 nitrogen and oxygen atoms in total. The Bertz CT molecular complexity index is 1190. The second-order valence-electron chi connectivity index (χ2n) is 14.4. The van der Waals surface area contributed by atoms with Gasteiger partial charge in [-0.05, 0) is 111 Å². The van der Waals surface area contributed by atoms with Crippen molar-refractivity contribution in [2.75, 3.05) is 6.54 Å². The minimum Gasteiger partial charge on any atom is -0.393 e. The van der Waals surface area contributed by atoms with E-state index < -0.39 is 5.60 Å². The van der Waals surface area contributed by atoms with E-state index in [4.69, 9.17) is 0 Å². The van der Waals surface area contributed by atoms with Gasteiger partial charge >= 0.3 is 0 Å². The fourth-order valence-electron chi connectivity index (χ4n) is 9.85. The van der Waals surface area contributed by atoms with Gasteiger partial charge in [-0.25, -0.2) is 0 Å². The highest BCUT2D eigenvalue weighted by atomic mass is 16.3. The van der Waals surface area contributed by atoms with Gasteiger partial charge in [0.15, 0.2) is 0 Å². The first kappa shape index (κ1) is 28.1. The topological polar surface area (TPSA) is 83.2 Å². The van der Waals surface area contributed by atoms with Crippen LogP contribution in [0.15, 0.2) is 48.2 Å². The maximum absolute atomic E-state index is 11.8. The lowest BCUT2D eigenvalue weighted by Gasteiger charge is -2.59. The van der Waals surface area contributed by atoms with Crippen LogP contribution in [0.4, 0.5) is 0 Å². The van der Waals surface area contributed by atoms with E-state index in [1.165, 1.54) is 30.4 Å². The van der Waals surface area contributed by atoms with Crippen LogP contribution >= 0.6 is 0 Å². The molecule has 4 aliphatic rings. The number of hydrogen-bond donors (Lipinski definition) is 3. The van der Waals surface area contributed by atoms with Gasteiger partial charge in [0.05, 0.1) is 17.4 Å². The van der Waals surface area contributed by atoms with Gasteiger partial charge in [-0.15, -0.1) is 5.10 Å². The van der Waals surface area contributed by atoms with Gasteiger partial charge in [-0.1, -0.05) is 61.0 Å². The standard InChI is InChI=1S/C34H50N4O2/c1-32-17-15-27(39)20-25(32)11-12-28-29-13-14-31(33(29,2)18-16-30(28)32)34(3,40)23-35-21-26-22-38(37-36-26)19-7-10-24-8-5-4-6-9-24/h4-6,8-9,11,22,27-31,35,39-40H,7,10,12-21,23H2,1-3H3/t27-,28-,29-,30-,31-,32-,33-,34-/m0/s1. The second-order valence-corrected chi connectivity index (χ2v) is 14.4. The smallest absolute Gasteiger partial charge is 0.0964 e. The molecule has 218 valence electrons. The summed E-state index contributed by atoms with van der Waals surface area (Å²) < 4.78 is 1.94. The molecule has 3 fully saturated rings. The van der Waals surface area contributed by atoms with Crippen LogP contribution in [-0.2, 0) is 19.5 Å². The van der Waals surface area contributed by atoms with Crippen LogP contribution in [0.1, 0.15) is 89.8 Å². The summed E-state index contributed by atoms with van der Waals surface area (Å²) in [5.74, 6) is 2.43. The van der Waals surface area contributed by atoms with E-state index >= 15 is 0 Å². The van der Waals surface area contributed by atoms with Crippen molar-refractivity contribution in [3.05, 3.63) is 59.4 Å². The first-order valence-corrected chi connectivity index (χ1v) is 15.9. The van der Waals surface area contributed by atoms with Crippen molar-refractivity contribution in [2.24, 2.45) is 34.5 Å². The van der Waals surface area contributed by atoms with E-state index in [0.717, 1.165) is 63.1 Å². The van der Waals surface area contributed by atoms with Gasteiger partial charge < -0.3 is 15.5 Å². The summed E-state index contributed by atoms with van der Waals surface area (Å²) in [7, 11) is 0. The summed E-state index contributed by atoms with van der Waals surface area (Å²) in [4.78, 5) is 0. The minimum atomic E-state index is -0.753. The summed E-state index contributed by atoms with van der Waals surface area (Å²) in [6, 6.07) is 10.6.